The van der Waals surface area contributed by atoms with E-state index in [9.17, 15) is 9.90 Å². The van der Waals surface area contributed by atoms with Crippen molar-refractivity contribution in [2.24, 2.45) is 5.92 Å². The molecule has 8 heteroatoms. The number of nitrogens with zero attached hydrogens (tertiary/aromatic N) is 4. The van der Waals surface area contributed by atoms with Crippen molar-refractivity contribution in [3.63, 3.8) is 0 Å². The predicted octanol–water partition coefficient (Wildman–Crippen LogP) is 6.33. The second-order valence-electron chi connectivity index (χ2n) is 11.6. The molecular formula is C34H37N5O3. The standard InChI is InChI=1S/C34H37N5O3/c1-22(2)12-15-38-16-13-27(20-38)39-31-10-9-25(24-8-7-23-11-14-36-34(35)28(23)17-24)18-29(31)30(37-39)21-42-32-6-4-3-5-26(32)19-33(40)41/h3-11,14,17-18,22,27H,12-13,15-16,19-21H2,1-2H3,(H2,35,36)(H,40,41). The van der Waals surface area contributed by atoms with Crippen LogP contribution in [0.2, 0.25) is 0 Å². The fourth-order valence-electron chi connectivity index (χ4n) is 5.90. The SMILES string of the molecule is CC(C)CCN1CCC(n2nc(COc3ccccc3CC(=O)O)c3cc(-c4ccc5ccnc(N)c5c4)ccc32)C1. The maximum Gasteiger partial charge on any atom is 0.307 e. The van der Waals surface area contributed by atoms with Gasteiger partial charge in [-0.1, -0.05) is 50.2 Å². The lowest BCUT2D eigenvalue weighted by Gasteiger charge is -2.17. The van der Waals surface area contributed by atoms with Gasteiger partial charge in [0.05, 0.1) is 18.0 Å². The Hall–Kier alpha value is -4.43. The number of nitrogens with two attached hydrogens (primary N) is 1. The lowest BCUT2D eigenvalue weighted by molar-refractivity contribution is -0.136. The fraction of sp³-hybridized carbons (Fsp3) is 0.324. The van der Waals surface area contributed by atoms with Gasteiger partial charge >= 0.3 is 5.97 Å². The van der Waals surface area contributed by atoms with Crippen molar-refractivity contribution >= 4 is 33.5 Å². The lowest BCUT2D eigenvalue weighted by atomic mass is 10.00. The highest BCUT2D eigenvalue weighted by molar-refractivity contribution is 5.95. The molecule has 1 aliphatic heterocycles. The van der Waals surface area contributed by atoms with Crippen molar-refractivity contribution in [3.8, 4) is 16.9 Å². The van der Waals surface area contributed by atoms with Crippen molar-refractivity contribution in [1.29, 1.82) is 0 Å². The van der Waals surface area contributed by atoms with Gasteiger partial charge in [-0.05, 0) is 72.1 Å². The van der Waals surface area contributed by atoms with E-state index in [-0.39, 0.29) is 19.1 Å². The summed E-state index contributed by atoms with van der Waals surface area (Å²) in [5, 5.41) is 17.5. The van der Waals surface area contributed by atoms with Gasteiger partial charge in [0.2, 0.25) is 0 Å². The summed E-state index contributed by atoms with van der Waals surface area (Å²) in [5.74, 6) is 0.875. The molecule has 1 atom stereocenters. The van der Waals surface area contributed by atoms with Crippen LogP contribution in [-0.2, 0) is 17.8 Å². The van der Waals surface area contributed by atoms with Crippen LogP contribution < -0.4 is 10.5 Å². The van der Waals surface area contributed by atoms with E-state index in [1.807, 2.05) is 24.3 Å². The number of ether oxygens (including phenoxy) is 1. The molecule has 3 heterocycles. The number of hydrogen-bond donors (Lipinski definition) is 2. The molecule has 0 saturated carbocycles. The highest BCUT2D eigenvalue weighted by Gasteiger charge is 2.27. The molecule has 0 radical (unpaired) electrons. The second-order valence-corrected chi connectivity index (χ2v) is 11.6. The number of pyridine rings is 1. The molecule has 0 amide bonds. The maximum absolute atomic E-state index is 11.4. The number of hydrogen-bond acceptors (Lipinski definition) is 6. The third kappa shape index (κ3) is 5.81. The molecule has 1 aliphatic rings. The fourth-order valence-corrected chi connectivity index (χ4v) is 5.90. The number of nitrogen functional groups attached to an aromatic ring is 1. The number of rotatable bonds is 10. The Morgan fingerprint density at radius 1 is 1.07 bits per heavy atom. The zero-order chi connectivity index (χ0) is 29.2. The largest absolute Gasteiger partial charge is 0.487 e. The number of likely N-dealkylation sites (tertiary alicyclic amines) is 1. The van der Waals surface area contributed by atoms with Crippen molar-refractivity contribution in [2.75, 3.05) is 25.4 Å². The molecule has 42 heavy (non-hydrogen) atoms. The Balaban J connectivity index is 1.36. The monoisotopic (exact) mass is 563 g/mol. The van der Waals surface area contributed by atoms with Crippen molar-refractivity contribution < 1.29 is 14.6 Å². The van der Waals surface area contributed by atoms with Gasteiger partial charge in [0, 0.05) is 35.6 Å². The van der Waals surface area contributed by atoms with Crippen molar-refractivity contribution in [1.82, 2.24) is 19.7 Å². The summed E-state index contributed by atoms with van der Waals surface area (Å²) in [6.07, 6.45) is 3.88. The van der Waals surface area contributed by atoms with Gasteiger partial charge in [-0.15, -0.1) is 0 Å². The molecule has 2 aromatic heterocycles. The smallest absolute Gasteiger partial charge is 0.307 e. The maximum atomic E-state index is 11.4. The van der Waals surface area contributed by atoms with Crippen LogP contribution >= 0.6 is 0 Å². The number of benzene rings is 3. The lowest BCUT2D eigenvalue weighted by Crippen LogP contribution is -2.24. The Morgan fingerprint density at radius 2 is 1.86 bits per heavy atom. The molecule has 0 spiro atoms. The van der Waals surface area contributed by atoms with E-state index in [0.717, 1.165) is 64.6 Å². The molecule has 0 aliphatic carbocycles. The van der Waals surface area contributed by atoms with Crippen LogP contribution in [0, 0.1) is 5.92 Å². The average Bonchev–Trinajstić information content (AvgIpc) is 3.60. The zero-order valence-electron chi connectivity index (χ0n) is 24.2. The van der Waals surface area contributed by atoms with Crippen LogP contribution in [0.3, 0.4) is 0 Å². The molecule has 8 nitrogen and oxygen atoms in total. The number of aliphatic carboxylic acids is 1. The molecule has 1 fully saturated rings. The molecule has 3 N–H and O–H groups in total. The highest BCUT2D eigenvalue weighted by Crippen LogP contribution is 2.33. The average molecular weight is 564 g/mol. The summed E-state index contributed by atoms with van der Waals surface area (Å²) in [6.45, 7) is 7.93. The third-order valence-electron chi connectivity index (χ3n) is 8.21. The van der Waals surface area contributed by atoms with E-state index < -0.39 is 5.97 Å². The number of para-hydroxylation sites is 1. The third-order valence-corrected chi connectivity index (χ3v) is 8.21. The van der Waals surface area contributed by atoms with Gasteiger partial charge in [-0.3, -0.25) is 9.48 Å². The second kappa shape index (κ2) is 11.8. The first kappa shape index (κ1) is 27.7. The molecule has 3 aromatic carbocycles. The van der Waals surface area contributed by atoms with E-state index in [1.54, 1.807) is 12.3 Å². The summed E-state index contributed by atoms with van der Waals surface area (Å²) in [4.78, 5) is 18.2. The van der Waals surface area contributed by atoms with Gasteiger partial charge in [0.15, 0.2) is 0 Å². The molecule has 5 aromatic rings. The predicted molar refractivity (Wildman–Crippen MR) is 167 cm³/mol. The van der Waals surface area contributed by atoms with E-state index in [0.29, 0.717) is 23.0 Å². The minimum Gasteiger partial charge on any atom is -0.487 e. The number of carboxylic acids is 1. The number of carboxylic acid groups (broad SMARTS) is 1. The number of anilines is 1. The van der Waals surface area contributed by atoms with E-state index >= 15 is 0 Å². The van der Waals surface area contributed by atoms with Gasteiger partial charge in [0.25, 0.3) is 0 Å². The highest BCUT2D eigenvalue weighted by atomic mass is 16.5. The van der Waals surface area contributed by atoms with Crippen LogP contribution in [0.5, 0.6) is 5.75 Å². The summed E-state index contributed by atoms with van der Waals surface area (Å²) >= 11 is 0. The van der Waals surface area contributed by atoms with Gasteiger partial charge < -0.3 is 20.5 Å². The van der Waals surface area contributed by atoms with E-state index in [2.05, 4.69) is 64.8 Å². The quantitative estimate of drug-likeness (QED) is 0.204. The topological polar surface area (TPSA) is 106 Å². The van der Waals surface area contributed by atoms with Crippen molar-refractivity contribution in [3.05, 3.63) is 84.2 Å². The van der Waals surface area contributed by atoms with Crippen LogP contribution in [0.4, 0.5) is 5.82 Å². The van der Waals surface area contributed by atoms with Crippen molar-refractivity contribution in [2.45, 2.75) is 45.8 Å². The van der Waals surface area contributed by atoms with E-state index in [4.69, 9.17) is 15.6 Å². The van der Waals surface area contributed by atoms with Crippen LogP contribution in [-0.4, -0.2) is 50.4 Å². The first-order valence-corrected chi connectivity index (χ1v) is 14.7. The number of aromatic nitrogens is 3. The number of fused-ring (bicyclic) bond motifs is 2. The van der Waals surface area contributed by atoms with E-state index in [1.165, 1.54) is 6.42 Å². The first-order valence-electron chi connectivity index (χ1n) is 14.7. The summed E-state index contributed by atoms with van der Waals surface area (Å²) in [5.41, 5.74) is 10.9. The van der Waals surface area contributed by atoms with Gasteiger partial charge in [0.1, 0.15) is 23.9 Å². The van der Waals surface area contributed by atoms with Gasteiger partial charge in [-0.25, -0.2) is 4.98 Å². The summed E-state index contributed by atoms with van der Waals surface area (Å²) in [7, 11) is 0. The number of carbonyl (C=O) groups is 1. The Labute approximate surface area is 245 Å². The zero-order valence-corrected chi connectivity index (χ0v) is 24.2. The van der Waals surface area contributed by atoms with Crippen LogP contribution in [0.25, 0.3) is 32.8 Å². The molecular weight excluding hydrogens is 526 g/mol. The normalized spacial score (nSPS) is 15.6. The molecule has 6 rings (SSSR count). The summed E-state index contributed by atoms with van der Waals surface area (Å²) < 4.78 is 8.42. The minimum absolute atomic E-state index is 0.0935. The minimum atomic E-state index is -0.889. The summed E-state index contributed by atoms with van der Waals surface area (Å²) in [6, 6.07) is 22.3. The van der Waals surface area contributed by atoms with Gasteiger partial charge in [-0.2, -0.15) is 5.10 Å². The molecule has 1 saturated heterocycles. The Morgan fingerprint density at radius 3 is 2.67 bits per heavy atom. The molecule has 1 unspecified atom stereocenters. The molecule has 0 bridgehead atoms. The Bertz CT molecular complexity index is 1740. The van der Waals surface area contributed by atoms with Crippen LogP contribution in [0.15, 0.2) is 72.9 Å². The Kier molecular flexibility index (Phi) is 7.80. The molecule has 216 valence electrons. The first-order chi connectivity index (χ1) is 20.4. The van der Waals surface area contributed by atoms with Crippen LogP contribution in [0.1, 0.15) is 44.0 Å².